The summed E-state index contributed by atoms with van der Waals surface area (Å²) in [6.07, 6.45) is -4.69. The maximum atomic E-state index is 12.4. The van der Waals surface area contributed by atoms with Crippen molar-refractivity contribution in [1.82, 2.24) is 4.57 Å². The molecule has 0 aliphatic heterocycles. The number of halogens is 3. The van der Waals surface area contributed by atoms with Gasteiger partial charge in [0.05, 0.1) is 0 Å². The van der Waals surface area contributed by atoms with Gasteiger partial charge in [-0.3, -0.25) is 0 Å². The van der Waals surface area contributed by atoms with Crippen molar-refractivity contribution in [2.75, 3.05) is 0 Å². The normalized spacial score (nSPS) is 12.0. The van der Waals surface area contributed by atoms with Crippen molar-refractivity contribution in [3.8, 4) is 5.75 Å². The SMILES string of the molecule is FC(F)(F)Oc1cccc(Cn2c3ccccc3c3ccccc32)c1. The predicted octanol–water partition coefficient (Wildman–Crippen LogP) is 5.74. The molecule has 0 aliphatic carbocycles. The number of nitrogens with zero attached hydrogens (tertiary/aromatic N) is 1. The van der Waals surface area contributed by atoms with E-state index in [0.29, 0.717) is 6.54 Å². The van der Waals surface area contributed by atoms with Gasteiger partial charge in [0.25, 0.3) is 0 Å². The fraction of sp³-hybridized carbons (Fsp3) is 0.100. The zero-order valence-electron chi connectivity index (χ0n) is 13.1. The second kappa shape index (κ2) is 5.84. The van der Waals surface area contributed by atoms with Gasteiger partial charge in [0.15, 0.2) is 0 Å². The molecule has 0 atom stereocenters. The lowest BCUT2D eigenvalue weighted by atomic mass is 10.2. The van der Waals surface area contributed by atoms with E-state index in [1.165, 1.54) is 12.1 Å². The number of rotatable bonds is 3. The number of alkyl halides is 3. The van der Waals surface area contributed by atoms with E-state index < -0.39 is 6.36 Å². The molecule has 0 unspecified atom stereocenters. The monoisotopic (exact) mass is 341 g/mol. The van der Waals surface area contributed by atoms with E-state index >= 15 is 0 Å². The molecule has 0 N–H and O–H groups in total. The third kappa shape index (κ3) is 3.05. The van der Waals surface area contributed by atoms with Gasteiger partial charge in [-0.05, 0) is 29.8 Å². The van der Waals surface area contributed by atoms with Crippen LogP contribution in [0.5, 0.6) is 5.75 Å². The molecule has 0 aliphatic rings. The van der Waals surface area contributed by atoms with Gasteiger partial charge in [0.2, 0.25) is 0 Å². The van der Waals surface area contributed by atoms with Crippen molar-refractivity contribution in [3.05, 3.63) is 78.4 Å². The molecular weight excluding hydrogens is 327 g/mol. The third-order valence-corrected chi connectivity index (χ3v) is 4.15. The number of hydrogen-bond donors (Lipinski definition) is 0. The lowest BCUT2D eigenvalue weighted by Gasteiger charge is -2.11. The molecule has 25 heavy (non-hydrogen) atoms. The number of benzene rings is 3. The van der Waals surface area contributed by atoms with Gasteiger partial charge in [-0.25, -0.2) is 0 Å². The van der Waals surface area contributed by atoms with E-state index in [-0.39, 0.29) is 5.75 Å². The number of para-hydroxylation sites is 2. The number of ether oxygens (including phenoxy) is 1. The molecule has 5 heteroatoms. The second-order valence-corrected chi connectivity index (χ2v) is 5.82. The molecule has 0 amide bonds. The van der Waals surface area contributed by atoms with Crippen LogP contribution >= 0.6 is 0 Å². The minimum Gasteiger partial charge on any atom is -0.406 e. The average molecular weight is 341 g/mol. The first-order valence-electron chi connectivity index (χ1n) is 7.82. The molecule has 1 aromatic heterocycles. The lowest BCUT2D eigenvalue weighted by Crippen LogP contribution is -2.17. The predicted molar refractivity (Wildman–Crippen MR) is 91.7 cm³/mol. The van der Waals surface area contributed by atoms with Crippen LogP contribution in [0, 0.1) is 0 Å². The molecule has 0 fully saturated rings. The molecule has 4 rings (SSSR count). The molecule has 3 aromatic carbocycles. The van der Waals surface area contributed by atoms with E-state index in [9.17, 15) is 13.2 Å². The van der Waals surface area contributed by atoms with Gasteiger partial charge in [-0.2, -0.15) is 0 Å². The molecular formula is C20H14F3NO. The van der Waals surface area contributed by atoms with Crippen LogP contribution in [0.15, 0.2) is 72.8 Å². The zero-order chi connectivity index (χ0) is 17.4. The van der Waals surface area contributed by atoms with E-state index in [1.807, 2.05) is 36.4 Å². The van der Waals surface area contributed by atoms with Crippen LogP contribution < -0.4 is 4.74 Å². The standard InChI is InChI=1S/C20H14F3NO/c21-20(22,23)25-15-7-5-6-14(12-15)13-24-18-10-3-1-8-16(18)17-9-2-4-11-19(17)24/h1-12H,13H2. The molecule has 1 heterocycles. The summed E-state index contributed by atoms with van der Waals surface area (Å²) in [4.78, 5) is 0. The summed E-state index contributed by atoms with van der Waals surface area (Å²) in [6.45, 7) is 0.461. The van der Waals surface area contributed by atoms with Crippen LogP contribution in [0.3, 0.4) is 0 Å². The van der Waals surface area contributed by atoms with Crippen molar-refractivity contribution in [1.29, 1.82) is 0 Å². The highest BCUT2D eigenvalue weighted by atomic mass is 19.4. The number of aromatic nitrogens is 1. The summed E-state index contributed by atoms with van der Waals surface area (Å²) >= 11 is 0. The third-order valence-electron chi connectivity index (χ3n) is 4.15. The van der Waals surface area contributed by atoms with Crippen LogP contribution in [0.1, 0.15) is 5.56 Å². The highest BCUT2D eigenvalue weighted by Crippen LogP contribution is 2.30. The Hall–Kier alpha value is -2.95. The first-order valence-corrected chi connectivity index (χ1v) is 7.82. The van der Waals surface area contributed by atoms with Gasteiger partial charge >= 0.3 is 6.36 Å². The van der Waals surface area contributed by atoms with Crippen molar-refractivity contribution < 1.29 is 17.9 Å². The maximum Gasteiger partial charge on any atom is 0.573 e. The topological polar surface area (TPSA) is 14.2 Å². The first kappa shape index (κ1) is 15.6. The van der Waals surface area contributed by atoms with E-state index in [2.05, 4.69) is 21.4 Å². The zero-order valence-corrected chi connectivity index (χ0v) is 13.1. The fourth-order valence-corrected chi connectivity index (χ4v) is 3.20. The Morgan fingerprint density at radius 3 is 1.96 bits per heavy atom. The van der Waals surface area contributed by atoms with Crippen LogP contribution in [0.25, 0.3) is 21.8 Å². The summed E-state index contributed by atoms with van der Waals surface area (Å²) < 4.78 is 43.5. The Morgan fingerprint density at radius 2 is 1.36 bits per heavy atom. The molecule has 0 saturated heterocycles. The van der Waals surface area contributed by atoms with Crippen LogP contribution in [-0.4, -0.2) is 10.9 Å². The van der Waals surface area contributed by atoms with Crippen LogP contribution in [0.2, 0.25) is 0 Å². The highest BCUT2D eigenvalue weighted by molar-refractivity contribution is 6.08. The van der Waals surface area contributed by atoms with Crippen molar-refractivity contribution >= 4 is 21.8 Å². The van der Waals surface area contributed by atoms with E-state index in [0.717, 1.165) is 27.4 Å². The van der Waals surface area contributed by atoms with Gasteiger partial charge in [-0.1, -0.05) is 48.5 Å². The van der Waals surface area contributed by atoms with Crippen molar-refractivity contribution in [3.63, 3.8) is 0 Å². The molecule has 126 valence electrons. The molecule has 4 aromatic rings. The minimum absolute atomic E-state index is 0.203. The molecule has 0 saturated carbocycles. The second-order valence-electron chi connectivity index (χ2n) is 5.82. The maximum absolute atomic E-state index is 12.4. The molecule has 0 bridgehead atoms. The Bertz CT molecular complexity index is 996. The summed E-state index contributed by atoms with van der Waals surface area (Å²) in [5, 5.41) is 2.25. The summed E-state index contributed by atoms with van der Waals surface area (Å²) in [5.41, 5.74) is 2.84. The molecule has 0 radical (unpaired) electrons. The Kier molecular flexibility index (Phi) is 3.64. The summed E-state index contributed by atoms with van der Waals surface area (Å²) in [6, 6.07) is 22.1. The Balaban J connectivity index is 1.79. The number of fused-ring (bicyclic) bond motifs is 3. The summed E-state index contributed by atoms with van der Waals surface area (Å²) in [7, 11) is 0. The first-order chi connectivity index (χ1) is 12.0. The van der Waals surface area contributed by atoms with Gasteiger partial charge in [0.1, 0.15) is 5.75 Å². The van der Waals surface area contributed by atoms with Gasteiger partial charge in [0, 0.05) is 28.4 Å². The van der Waals surface area contributed by atoms with Crippen LogP contribution in [-0.2, 0) is 6.54 Å². The lowest BCUT2D eigenvalue weighted by molar-refractivity contribution is -0.274. The Labute approximate surface area is 142 Å². The van der Waals surface area contributed by atoms with Gasteiger partial charge < -0.3 is 9.30 Å². The van der Waals surface area contributed by atoms with Crippen molar-refractivity contribution in [2.45, 2.75) is 12.9 Å². The number of hydrogen-bond acceptors (Lipinski definition) is 1. The van der Waals surface area contributed by atoms with Gasteiger partial charge in [-0.15, -0.1) is 13.2 Å². The van der Waals surface area contributed by atoms with Crippen LogP contribution in [0.4, 0.5) is 13.2 Å². The Morgan fingerprint density at radius 1 is 0.760 bits per heavy atom. The highest BCUT2D eigenvalue weighted by Gasteiger charge is 2.31. The van der Waals surface area contributed by atoms with E-state index in [4.69, 9.17) is 0 Å². The molecule has 2 nitrogen and oxygen atoms in total. The quantitative estimate of drug-likeness (QED) is 0.463. The summed E-state index contributed by atoms with van der Waals surface area (Å²) in [5.74, 6) is -0.203. The average Bonchev–Trinajstić information content (AvgIpc) is 2.89. The van der Waals surface area contributed by atoms with Crippen molar-refractivity contribution in [2.24, 2.45) is 0 Å². The fourth-order valence-electron chi connectivity index (χ4n) is 3.20. The largest absolute Gasteiger partial charge is 0.573 e. The smallest absolute Gasteiger partial charge is 0.406 e. The van der Waals surface area contributed by atoms with E-state index in [1.54, 1.807) is 12.1 Å². The minimum atomic E-state index is -4.69. The molecule has 0 spiro atoms.